The van der Waals surface area contributed by atoms with Crippen LogP contribution in [0.4, 0.5) is 4.79 Å². The van der Waals surface area contributed by atoms with Crippen molar-refractivity contribution >= 4 is 6.03 Å². The highest BCUT2D eigenvalue weighted by Gasteiger charge is 2.34. The maximum absolute atomic E-state index is 13.0. The number of aromatic nitrogens is 2. The number of rotatable bonds is 0. The molecule has 5 rings (SSSR count). The van der Waals surface area contributed by atoms with E-state index in [1.165, 1.54) is 0 Å². The smallest absolute Gasteiger partial charge is 0.345 e. The van der Waals surface area contributed by atoms with Gasteiger partial charge in [0.25, 0.3) is 0 Å². The standard InChI is InChI=1S/C15H22N4O2.C2H6/c1-11-13-10-21-9-4-14(13)19(16-11)15(20)18-8-7-17-5-2-12(18)3-6-17;1-2/h12H,2-10H2,1H3;1-2H3. The quantitative estimate of drug-likeness (QED) is 0.734. The molecule has 0 aliphatic carbocycles. The van der Waals surface area contributed by atoms with Crippen molar-refractivity contribution in [1.29, 1.82) is 0 Å². The Balaban J connectivity index is 0.000000753. The normalized spacial score (nSPS) is 26.1. The van der Waals surface area contributed by atoms with Gasteiger partial charge in [0.1, 0.15) is 0 Å². The summed E-state index contributed by atoms with van der Waals surface area (Å²) >= 11 is 0. The lowest BCUT2D eigenvalue weighted by molar-refractivity contribution is 0.108. The molecule has 4 aliphatic rings. The van der Waals surface area contributed by atoms with E-state index in [-0.39, 0.29) is 6.03 Å². The minimum Gasteiger partial charge on any atom is -0.376 e. The van der Waals surface area contributed by atoms with Crippen LogP contribution >= 0.6 is 0 Å². The number of aryl methyl sites for hydroxylation is 1. The molecule has 0 spiro atoms. The highest BCUT2D eigenvalue weighted by atomic mass is 16.5. The van der Waals surface area contributed by atoms with Crippen LogP contribution in [0.5, 0.6) is 0 Å². The molecule has 0 unspecified atom stereocenters. The van der Waals surface area contributed by atoms with Crippen LogP contribution in [0.1, 0.15) is 43.6 Å². The molecule has 5 heterocycles. The van der Waals surface area contributed by atoms with Crippen molar-refractivity contribution in [2.75, 3.05) is 32.8 Å². The second kappa shape index (κ2) is 7.01. The van der Waals surface area contributed by atoms with Gasteiger partial charge >= 0.3 is 6.03 Å². The van der Waals surface area contributed by atoms with Gasteiger partial charge in [-0.1, -0.05) is 13.8 Å². The average Bonchev–Trinajstić information content (AvgIpc) is 2.76. The van der Waals surface area contributed by atoms with E-state index in [9.17, 15) is 4.79 Å². The van der Waals surface area contributed by atoms with Crippen LogP contribution in [-0.4, -0.2) is 64.4 Å². The maximum atomic E-state index is 13.0. The lowest BCUT2D eigenvalue weighted by atomic mass is 10.1. The number of carbonyl (C=O) groups is 1. The van der Waals surface area contributed by atoms with E-state index in [1.54, 1.807) is 4.68 Å². The third kappa shape index (κ3) is 3.02. The Labute approximate surface area is 138 Å². The first-order valence-electron chi connectivity index (χ1n) is 8.92. The lowest BCUT2D eigenvalue weighted by Crippen LogP contribution is -2.44. The summed E-state index contributed by atoms with van der Waals surface area (Å²) in [5, 5.41) is 4.51. The molecule has 0 saturated carbocycles. The van der Waals surface area contributed by atoms with Crippen molar-refractivity contribution in [1.82, 2.24) is 19.6 Å². The first-order chi connectivity index (χ1) is 11.2. The van der Waals surface area contributed by atoms with E-state index >= 15 is 0 Å². The number of piperidine rings is 1. The monoisotopic (exact) mass is 320 g/mol. The fourth-order valence-corrected chi connectivity index (χ4v) is 3.81. The molecular formula is C17H28N4O2. The topological polar surface area (TPSA) is 50.6 Å². The zero-order valence-corrected chi connectivity index (χ0v) is 14.5. The molecule has 4 aliphatic heterocycles. The van der Waals surface area contributed by atoms with Gasteiger partial charge in [-0.2, -0.15) is 9.78 Å². The van der Waals surface area contributed by atoms with Crippen LogP contribution in [0.2, 0.25) is 0 Å². The summed E-state index contributed by atoms with van der Waals surface area (Å²) < 4.78 is 7.15. The number of hydrogen-bond donors (Lipinski definition) is 0. The predicted molar refractivity (Wildman–Crippen MR) is 88.6 cm³/mol. The maximum Gasteiger partial charge on any atom is 0.345 e. The number of hydrogen-bond acceptors (Lipinski definition) is 4. The zero-order chi connectivity index (χ0) is 16.4. The van der Waals surface area contributed by atoms with Crippen molar-refractivity contribution < 1.29 is 9.53 Å². The molecule has 0 N–H and O–H groups in total. The van der Waals surface area contributed by atoms with Gasteiger partial charge in [0.15, 0.2) is 0 Å². The number of carbonyl (C=O) groups excluding carboxylic acids is 1. The van der Waals surface area contributed by atoms with Crippen molar-refractivity contribution in [3.63, 3.8) is 0 Å². The average molecular weight is 320 g/mol. The molecule has 1 aromatic rings. The Morgan fingerprint density at radius 3 is 2.65 bits per heavy atom. The molecule has 128 valence electrons. The molecule has 1 aromatic heterocycles. The Kier molecular flexibility index (Phi) is 5.02. The molecule has 0 radical (unpaired) electrons. The summed E-state index contributed by atoms with van der Waals surface area (Å²) in [7, 11) is 0. The van der Waals surface area contributed by atoms with Crippen LogP contribution in [0.3, 0.4) is 0 Å². The Morgan fingerprint density at radius 2 is 1.91 bits per heavy atom. The third-order valence-corrected chi connectivity index (χ3v) is 5.10. The van der Waals surface area contributed by atoms with Gasteiger partial charge in [-0.25, -0.2) is 4.79 Å². The summed E-state index contributed by atoms with van der Waals surface area (Å²) in [5.74, 6) is 0. The van der Waals surface area contributed by atoms with E-state index in [0.29, 0.717) is 19.3 Å². The number of ether oxygens (including phenoxy) is 1. The van der Waals surface area contributed by atoms with Gasteiger partial charge in [0.2, 0.25) is 0 Å². The molecule has 6 nitrogen and oxygen atoms in total. The van der Waals surface area contributed by atoms with Gasteiger partial charge in [0, 0.05) is 44.2 Å². The Bertz CT molecular complexity index is 561. The van der Waals surface area contributed by atoms with Crippen LogP contribution in [0, 0.1) is 6.92 Å². The van der Waals surface area contributed by atoms with Crippen molar-refractivity contribution in [2.24, 2.45) is 0 Å². The third-order valence-electron chi connectivity index (χ3n) is 5.10. The van der Waals surface area contributed by atoms with Crippen LogP contribution < -0.4 is 0 Å². The van der Waals surface area contributed by atoms with Crippen LogP contribution in [-0.2, 0) is 17.8 Å². The van der Waals surface area contributed by atoms with Gasteiger partial charge in [0.05, 0.1) is 24.6 Å². The predicted octanol–water partition coefficient (Wildman–Crippen LogP) is 2.04. The molecule has 1 amide bonds. The van der Waals surface area contributed by atoms with Gasteiger partial charge in [-0.3, -0.25) is 0 Å². The van der Waals surface area contributed by atoms with Crippen molar-refractivity contribution in [2.45, 2.75) is 52.7 Å². The van der Waals surface area contributed by atoms with Gasteiger partial charge in [-0.05, 0) is 19.8 Å². The number of nitrogens with zero attached hydrogens (tertiary/aromatic N) is 4. The molecule has 6 heteroatoms. The molecular weight excluding hydrogens is 292 g/mol. The first-order valence-corrected chi connectivity index (χ1v) is 8.92. The van der Waals surface area contributed by atoms with Gasteiger partial charge in [-0.15, -0.1) is 0 Å². The van der Waals surface area contributed by atoms with E-state index in [2.05, 4.69) is 14.9 Å². The molecule has 2 bridgehead atoms. The molecule has 3 saturated heterocycles. The summed E-state index contributed by atoms with van der Waals surface area (Å²) in [6.07, 6.45) is 2.97. The second-order valence-corrected chi connectivity index (χ2v) is 6.27. The Morgan fingerprint density at radius 1 is 1.17 bits per heavy atom. The fraction of sp³-hybridized carbons (Fsp3) is 0.765. The van der Waals surface area contributed by atoms with Crippen molar-refractivity contribution in [3.05, 3.63) is 17.0 Å². The number of amides is 1. The van der Waals surface area contributed by atoms with Crippen molar-refractivity contribution in [3.8, 4) is 0 Å². The van der Waals surface area contributed by atoms with E-state index < -0.39 is 0 Å². The molecule has 0 atom stereocenters. The molecule has 23 heavy (non-hydrogen) atoms. The van der Waals surface area contributed by atoms with Crippen LogP contribution in [0.15, 0.2) is 0 Å². The lowest BCUT2D eigenvalue weighted by Gasteiger charge is -2.31. The SMILES string of the molecule is CC.Cc1nn(C(=O)N2CCN3CCC2CC3)c2c1COCC2. The fourth-order valence-electron chi connectivity index (χ4n) is 3.81. The minimum absolute atomic E-state index is 0.0648. The largest absolute Gasteiger partial charge is 0.376 e. The molecule has 0 aromatic carbocycles. The van der Waals surface area contributed by atoms with E-state index in [0.717, 1.165) is 62.4 Å². The van der Waals surface area contributed by atoms with E-state index in [1.807, 2.05) is 20.8 Å². The molecule has 3 fully saturated rings. The van der Waals surface area contributed by atoms with Crippen LogP contribution in [0.25, 0.3) is 0 Å². The summed E-state index contributed by atoms with van der Waals surface area (Å²) in [6, 6.07) is 0.450. The zero-order valence-electron chi connectivity index (χ0n) is 14.5. The summed E-state index contributed by atoms with van der Waals surface area (Å²) in [6.45, 7) is 11.3. The highest BCUT2D eigenvalue weighted by Crippen LogP contribution is 2.24. The first kappa shape index (κ1) is 16.5. The second-order valence-electron chi connectivity index (χ2n) is 6.27. The highest BCUT2D eigenvalue weighted by molar-refractivity contribution is 5.77. The minimum atomic E-state index is 0.0648. The summed E-state index contributed by atoms with van der Waals surface area (Å²) in [5.41, 5.74) is 3.10. The Hall–Kier alpha value is -1.40. The summed E-state index contributed by atoms with van der Waals surface area (Å²) in [4.78, 5) is 17.5. The van der Waals surface area contributed by atoms with Gasteiger partial charge < -0.3 is 14.5 Å². The van der Waals surface area contributed by atoms with E-state index in [4.69, 9.17) is 4.74 Å². The number of fused-ring (bicyclic) bond motifs is 5.